The predicted octanol–water partition coefficient (Wildman–Crippen LogP) is 0.542. The summed E-state index contributed by atoms with van der Waals surface area (Å²) in [5.41, 5.74) is 0. The van der Waals surface area contributed by atoms with E-state index in [1.165, 1.54) is 0 Å². The third kappa shape index (κ3) is 2.67. The highest BCUT2D eigenvalue weighted by molar-refractivity contribution is 5.85. The van der Waals surface area contributed by atoms with Gasteiger partial charge in [-0.05, 0) is 0 Å². The Morgan fingerprint density at radius 3 is 2.86 bits per heavy atom. The van der Waals surface area contributed by atoms with Crippen molar-refractivity contribution in [3.05, 3.63) is 11.7 Å². The van der Waals surface area contributed by atoms with Crippen molar-refractivity contribution in [2.45, 2.75) is 26.1 Å². The molecule has 0 saturated carbocycles. The van der Waals surface area contributed by atoms with E-state index < -0.39 is 0 Å². The minimum Gasteiger partial charge on any atom is -0.366 e. The molecule has 1 aliphatic rings. The minimum atomic E-state index is 0. The van der Waals surface area contributed by atoms with Gasteiger partial charge in [-0.2, -0.15) is 4.98 Å². The summed E-state index contributed by atoms with van der Waals surface area (Å²) in [4.78, 5) is 4.14. The van der Waals surface area contributed by atoms with Crippen LogP contribution in [-0.4, -0.2) is 29.3 Å². The van der Waals surface area contributed by atoms with Crippen LogP contribution < -0.4 is 5.32 Å². The number of aromatic nitrogens is 2. The van der Waals surface area contributed by atoms with Crippen molar-refractivity contribution in [2.24, 2.45) is 0 Å². The van der Waals surface area contributed by atoms with Crippen LogP contribution in [0.3, 0.4) is 0 Å². The molecule has 0 bridgehead atoms. The number of aryl methyl sites for hydroxylation is 1. The molecule has 1 aliphatic heterocycles. The maximum Gasteiger partial charge on any atom is 0.252 e. The van der Waals surface area contributed by atoms with Gasteiger partial charge in [0.15, 0.2) is 5.82 Å². The summed E-state index contributed by atoms with van der Waals surface area (Å²) in [7, 11) is 0. The second-order valence-electron chi connectivity index (χ2n) is 3.05. The largest absolute Gasteiger partial charge is 0.366 e. The van der Waals surface area contributed by atoms with Crippen molar-refractivity contribution in [2.75, 3.05) is 13.1 Å². The van der Waals surface area contributed by atoms with Gasteiger partial charge in [0.1, 0.15) is 6.61 Å². The zero-order chi connectivity index (χ0) is 9.10. The fourth-order valence-electron chi connectivity index (χ4n) is 1.06. The zero-order valence-electron chi connectivity index (χ0n) is 8.02. The molecule has 1 fully saturated rings. The average molecular weight is 220 g/mol. The Kier molecular flexibility index (Phi) is 4.31. The Morgan fingerprint density at radius 1 is 1.57 bits per heavy atom. The Balaban J connectivity index is 0.000000980. The van der Waals surface area contributed by atoms with E-state index in [1.807, 2.05) is 6.92 Å². The maximum atomic E-state index is 5.46. The molecule has 2 rings (SSSR count). The van der Waals surface area contributed by atoms with E-state index in [2.05, 4.69) is 15.5 Å². The topological polar surface area (TPSA) is 60.2 Å². The normalized spacial score (nSPS) is 16.1. The lowest BCUT2D eigenvalue weighted by Crippen LogP contribution is -2.48. The van der Waals surface area contributed by atoms with Crippen LogP contribution in [0.2, 0.25) is 0 Å². The number of halogens is 1. The van der Waals surface area contributed by atoms with Crippen molar-refractivity contribution >= 4 is 12.4 Å². The second kappa shape index (κ2) is 5.29. The summed E-state index contributed by atoms with van der Waals surface area (Å²) in [5, 5.41) is 6.90. The zero-order valence-corrected chi connectivity index (χ0v) is 8.84. The first-order valence-electron chi connectivity index (χ1n) is 4.52. The van der Waals surface area contributed by atoms with Gasteiger partial charge in [0.2, 0.25) is 0 Å². The summed E-state index contributed by atoms with van der Waals surface area (Å²) in [6, 6.07) is 0. The van der Waals surface area contributed by atoms with Crippen LogP contribution in [0, 0.1) is 0 Å². The van der Waals surface area contributed by atoms with E-state index in [9.17, 15) is 0 Å². The van der Waals surface area contributed by atoms with E-state index in [-0.39, 0.29) is 12.4 Å². The van der Waals surface area contributed by atoms with Crippen molar-refractivity contribution in [3.8, 4) is 0 Å². The standard InChI is InChI=1S/C8H13N3O2.ClH/c1-2-7-10-8(13-11-7)5-12-6-3-9-4-6;/h6,9H,2-5H2,1H3;1H. The van der Waals surface area contributed by atoms with Gasteiger partial charge in [0.05, 0.1) is 6.10 Å². The summed E-state index contributed by atoms with van der Waals surface area (Å²) < 4.78 is 10.4. The molecule has 0 atom stereocenters. The molecule has 0 aliphatic carbocycles. The molecule has 0 aromatic carbocycles. The van der Waals surface area contributed by atoms with Gasteiger partial charge in [-0.1, -0.05) is 12.1 Å². The van der Waals surface area contributed by atoms with Gasteiger partial charge in [-0.15, -0.1) is 12.4 Å². The van der Waals surface area contributed by atoms with Crippen LogP contribution in [0.25, 0.3) is 0 Å². The highest BCUT2D eigenvalue weighted by Gasteiger charge is 2.18. The first kappa shape index (κ1) is 11.4. The van der Waals surface area contributed by atoms with Gasteiger partial charge in [-0.25, -0.2) is 0 Å². The minimum absolute atomic E-state index is 0. The van der Waals surface area contributed by atoms with Crippen molar-refractivity contribution in [3.63, 3.8) is 0 Å². The number of hydrogen-bond acceptors (Lipinski definition) is 5. The van der Waals surface area contributed by atoms with E-state index in [0.717, 1.165) is 25.3 Å². The fourth-order valence-corrected chi connectivity index (χ4v) is 1.06. The van der Waals surface area contributed by atoms with Crippen molar-refractivity contribution < 1.29 is 9.26 Å². The Bertz CT molecular complexity index is 275. The smallest absolute Gasteiger partial charge is 0.252 e. The van der Waals surface area contributed by atoms with Crippen LogP contribution in [0.5, 0.6) is 0 Å². The Labute approximate surface area is 88.6 Å². The maximum absolute atomic E-state index is 5.46. The van der Waals surface area contributed by atoms with Crippen LogP contribution in [0.1, 0.15) is 18.6 Å². The van der Waals surface area contributed by atoms with Gasteiger partial charge in [0, 0.05) is 19.5 Å². The van der Waals surface area contributed by atoms with Gasteiger partial charge >= 0.3 is 0 Å². The number of nitrogens with zero attached hydrogens (tertiary/aromatic N) is 2. The van der Waals surface area contributed by atoms with Crippen molar-refractivity contribution in [1.82, 2.24) is 15.5 Å². The SMILES string of the molecule is CCc1noc(COC2CNC2)n1.Cl. The molecular weight excluding hydrogens is 206 g/mol. The van der Waals surface area contributed by atoms with E-state index in [0.29, 0.717) is 18.6 Å². The van der Waals surface area contributed by atoms with E-state index in [4.69, 9.17) is 9.26 Å². The number of rotatable bonds is 4. The number of hydrogen-bond donors (Lipinski definition) is 1. The molecule has 0 radical (unpaired) electrons. The van der Waals surface area contributed by atoms with Gasteiger partial charge < -0.3 is 14.6 Å². The lowest BCUT2D eigenvalue weighted by Gasteiger charge is -2.26. The second-order valence-corrected chi connectivity index (χ2v) is 3.05. The lowest BCUT2D eigenvalue weighted by atomic mass is 10.2. The fraction of sp³-hybridized carbons (Fsp3) is 0.750. The first-order valence-corrected chi connectivity index (χ1v) is 4.52. The van der Waals surface area contributed by atoms with Crippen LogP contribution in [-0.2, 0) is 17.8 Å². The van der Waals surface area contributed by atoms with Crippen LogP contribution in [0.15, 0.2) is 4.52 Å². The molecule has 0 unspecified atom stereocenters. The van der Waals surface area contributed by atoms with E-state index in [1.54, 1.807) is 0 Å². The molecule has 5 nitrogen and oxygen atoms in total. The predicted molar refractivity (Wildman–Crippen MR) is 52.4 cm³/mol. The number of ether oxygens (including phenoxy) is 1. The summed E-state index contributed by atoms with van der Waals surface area (Å²) in [6.07, 6.45) is 1.12. The van der Waals surface area contributed by atoms with Crippen molar-refractivity contribution in [1.29, 1.82) is 0 Å². The van der Waals surface area contributed by atoms with E-state index >= 15 is 0 Å². The van der Waals surface area contributed by atoms with Crippen LogP contribution in [0.4, 0.5) is 0 Å². The van der Waals surface area contributed by atoms with Gasteiger partial charge in [0.25, 0.3) is 5.89 Å². The molecule has 80 valence electrons. The summed E-state index contributed by atoms with van der Waals surface area (Å²) >= 11 is 0. The Hall–Kier alpha value is -0.650. The molecule has 0 spiro atoms. The molecule has 0 amide bonds. The Morgan fingerprint density at radius 2 is 2.36 bits per heavy atom. The van der Waals surface area contributed by atoms with Crippen LogP contribution >= 0.6 is 12.4 Å². The molecule has 1 N–H and O–H groups in total. The third-order valence-corrected chi connectivity index (χ3v) is 2.01. The number of nitrogens with one attached hydrogen (secondary N) is 1. The third-order valence-electron chi connectivity index (χ3n) is 2.01. The van der Waals surface area contributed by atoms with Gasteiger partial charge in [-0.3, -0.25) is 0 Å². The monoisotopic (exact) mass is 219 g/mol. The summed E-state index contributed by atoms with van der Waals surface area (Å²) in [6.45, 7) is 4.27. The highest BCUT2D eigenvalue weighted by Crippen LogP contribution is 2.04. The molecule has 2 heterocycles. The first-order chi connectivity index (χ1) is 6.38. The molecule has 1 aromatic rings. The molecule has 1 saturated heterocycles. The molecular formula is C8H14ClN3O2. The highest BCUT2D eigenvalue weighted by atomic mass is 35.5. The lowest BCUT2D eigenvalue weighted by molar-refractivity contribution is -0.00397. The molecule has 14 heavy (non-hydrogen) atoms. The quantitative estimate of drug-likeness (QED) is 0.801. The molecule has 1 aromatic heterocycles. The average Bonchev–Trinajstić information content (AvgIpc) is 2.49. The molecule has 6 heteroatoms. The summed E-state index contributed by atoms with van der Waals surface area (Å²) in [5.74, 6) is 1.31.